The Morgan fingerprint density at radius 3 is 2.72 bits per heavy atom. The number of fused-ring (bicyclic) bond motifs is 5. The summed E-state index contributed by atoms with van der Waals surface area (Å²) in [6, 6.07) is 0. The predicted molar refractivity (Wildman–Crippen MR) is 117 cm³/mol. The highest BCUT2D eigenvalue weighted by Crippen LogP contribution is 2.67. The number of thioether (sulfide) groups is 1. The van der Waals surface area contributed by atoms with Crippen LogP contribution in [0.25, 0.3) is 0 Å². The van der Waals surface area contributed by atoms with E-state index in [-0.39, 0.29) is 16.9 Å². The van der Waals surface area contributed by atoms with Crippen LogP contribution in [0.1, 0.15) is 65.2 Å². The van der Waals surface area contributed by atoms with Crippen molar-refractivity contribution in [2.45, 2.75) is 82.1 Å². The average molecular weight is 417 g/mol. The maximum absolute atomic E-state index is 11.9. The predicted octanol–water partition coefficient (Wildman–Crippen LogP) is 4.57. The Bertz CT molecular complexity index is 822. The van der Waals surface area contributed by atoms with Gasteiger partial charge in [0.2, 0.25) is 0 Å². The maximum atomic E-state index is 11.9. The molecule has 4 aliphatic carbocycles. The number of nitrogens with zero attached hydrogens (tertiary/aromatic N) is 2. The molecule has 1 aromatic rings. The largest absolute Gasteiger partial charge is 0.393 e. The Morgan fingerprint density at radius 2 is 1.97 bits per heavy atom. The molecule has 2 N–H and O–H groups in total. The van der Waals surface area contributed by atoms with Crippen LogP contribution in [0.2, 0.25) is 0 Å². The molecule has 4 aliphatic rings. The van der Waals surface area contributed by atoms with E-state index in [1.807, 2.05) is 24.0 Å². The quantitative estimate of drug-likeness (QED) is 0.560. The summed E-state index contributed by atoms with van der Waals surface area (Å²) in [6.07, 6.45) is 14.7. The summed E-state index contributed by atoms with van der Waals surface area (Å²) < 4.78 is 2.05. The molecule has 0 bridgehead atoms. The van der Waals surface area contributed by atoms with Crippen LogP contribution in [0.15, 0.2) is 29.2 Å². The Labute approximate surface area is 179 Å². The van der Waals surface area contributed by atoms with Gasteiger partial charge in [-0.25, -0.2) is 4.98 Å². The van der Waals surface area contributed by atoms with Gasteiger partial charge in [-0.1, -0.05) is 37.3 Å². The fourth-order valence-corrected chi connectivity index (χ4v) is 8.91. The first-order valence-electron chi connectivity index (χ1n) is 11.5. The van der Waals surface area contributed by atoms with Crippen molar-refractivity contribution in [1.82, 2.24) is 9.55 Å². The minimum Gasteiger partial charge on any atom is -0.393 e. The molecular formula is C24H36N2O2S. The molecule has 0 aromatic carbocycles. The molecule has 0 spiro atoms. The number of aryl methyl sites for hydroxylation is 1. The number of rotatable bonds is 3. The highest BCUT2D eigenvalue weighted by molar-refractivity contribution is 7.99. The SMILES string of the molecule is Cn1ccnc1SC[C@]1(O)CC[C@@H]2[C@H]3CC=C4C[C@H](O)CC[C@]4(C)[C@H]3CC[C@]21C. The van der Waals surface area contributed by atoms with E-state index in [1.54, 1.807) is 11.8 Å². The number of aliphatic hydroxyl groups excluding tert-OH is 1. The Hall–Kier alpha value is -0.780. The van der Waals surface area contributed by atoms with E-state index < -0.39 is 5.60 Å². The first kappa shape index (κ1) is 20.1. The molecule has 0 unspecified atom stereocenters. The average Bonchev–Trinajstić information content (AvgIpc) is 3.22. The van der Waals surface area contributed by atoms with Crippen LogP contribution in [-0.2, 0) is 7.05 Å². The van der Waals surface area contributed by atoms with Crippen molar-refractivity contribution < 1.29 is 10.2 Å². The first-order valence-corrected chi connectivity index (χ1v) is 12.5. The molecule has 7 atom stereocenters. The van der Waals surface area contributed by atoms with Crippen molar-refractivity contribution >= 4 is 11.8 Å². The van der Waals surface area contributed by atoms with Gasteiger partial charge in [0.05, 0.1) is 11.7 Å². The molecule has 3 fully saturated rings. The third kappa shape index (κ3) is 2.90. The van der Waals surface area contributed by atoms with Gasteiger partial charge in [0.15, 0.2) is 5.16 Å². The van der Waals surface area contributed by atoms with Crippen LogP contribution in [-0.4, -0.2) is 37.2 Å². The van der Waals surface area contributed by atoms with Crippen molar-refractivity contribution in [3.63, 3.8) is 0 Å². The summed E-state index contributed by atoms with van der Waals surface area (Å²) in [5.74, 6) is 2.75. The van der Waals surface area contributed by atoms with E-state index in [0.29, 0.717) is 11.8 Å². The van der Waals surface area contributed by atoms with Crippen molar-refractivity contribution in [3.05, 3.63) is 24.0 Å². The van der Waals surface area contributed by atoms with Crippen LogP contribution in [0.5, 0.6) is 0 Å². The lowest BCUT2D eigenvalue weighted by atomic mass is 9.47. The van der Waals surface area contributed by atoms with Crippen LogP contribution in [0.4, 0.5) is 0 Å². The molecule has 0 saturated heterocycles. The van der Waals surface area contributed by atoms with Crippen molar-refractivity contribution in [2.24, 2.45) is 35.6 Å². The van der Waals surface area contributed by atoms with Gasteiger partial charge in [0.25, 0.3) is 0 Å². The minimum absolute atomic E-state index is 0.00220. The van der Waals surface area contributed by atoms with Crippen LogP contribution >= 0.6 is 11.8 Å². The van der Waals surface area contributed by atoms with E-state index in [9.17, 15) is 10.2 Å². The smallest absolute Gasteiger partial charge is 0.167 e. The summed E-state index contributed by atoms with van der Waals surface area (Å²) >= 11 is 1.71. The summed E-state index contributed by atoms with van der Waals surface area (Å²) in [5.41, 5.74) is 1.20. The second kappa shape index (κ2) is 6.86. The molecule has 1 aromatic heterocycles. The lowest BCUT2D eigenvalue weighted by molar-refractivity contribution is -0.113. The van der Waals surface area contributed by atoms with E-state index in [4.69, 9.17) is 0 Å². The third-order valence-electron chi connectivity index (χ3n) is 9.62. The molecule has 5 rings (SSSR count). The van der Waals surface area contributed by atoms with Gasteiger partial charge < -0.3 is 14.8 Å². The fraction of sp³-hybridized carbons (Fsp3) is 0.792. The zero-order chi connectivity index (χ0) is 20.4. The van der Waals surface area contributed by atoms with Gasteiger partial charge >= 0.3 is 0 Å². The highest BCUT2D eigenvalue weighted by atomic mass is 32.2. The summed E-state index contributed by atoms with van der Waals surface area (Å²) in [7, 11) is 2.03. The van der Waals surface area contributed by atoms with Crippen molar-refractivity contribution in [1.29, 1.82) is 0 Å². The number of aromatic nitrogens is 2. The van der Waals surface area contributed by atoms with Gasteiger partial charge in [0, 0.05) is 30.6 Å². The molecule has 4 nitrogen and oxygen atoms in total. The Kier molecular flexibility index (Phi) is 4.77. The standard InChI is InChI=1S/C24H36N2O2S/c1-22-9-6-17(27)14-16(22)4-5-18-19(22)7-10-23(2)20(18)8-11-24(23,28)15-29-21-25-12-13-26(21)3/h4,12-13,17-20,27-28H,5-11,14-15H2,1-3H3/t17-,18+,19+,20-,22+,23-,24-/m1/s1. The lowest BCUT2D eigenvalue weighted by Gasteiger charge is -2.59. The number of hydrogen-bond acceptors (Lipinski definition) is 4. The summed E-state index contributed by atoms with van der Waals surface area (Å²) in [4.78, 5) is 4.45. The van der Waals surface area contributed by atoms with E-state index in [0.717, 1.165) is 61.8 Å². The van der Waals surface area contributed by atoms with E-state index in [1.165, 1.54) is 12.0 Å². The number of aliphatic hydroxyl groups is 2. The van der Waals surface area contributed by atoms with E-state index in [2.05, 4.69) is 24.9 Å². The maximum Gasteiger partial charge on any atom is 0.167 e. The Balaban J connectivity index is 1.39. The molecule has 0 aliphatic heterocycles. The van der Waals surface area contributed by atoms with Gasteiger partial charge in [0.1, 0.15) is 0 Å². The topological polar surface area (TPSA) is 58.3 Å². The number of imidazole rings is 1. The number of allylic oxidation sites excluding steroid dienone is 1. The number of hydrogen-bond donors (Lipinski definition) is 2. The Morgan fingerprint density at radius 1 is 1.17 bits per heavy atom. The zero-order valence-electron chi connectivity index (χ0n) is 18.1. The van der Waals surface area contributed by atoms with Gasteiger partial charge in [-0.3, -0.25) is 0 Å². The van der Waals surface area contributed by atoms with Crippen LogP contribution < -0.4 is 0 Å². The molecule has 5 heteroatoms. The van der Waals surface area contributed by atoms with Crippen molar-refractivity contribution in [3.8, 4) is 0 Å². The third-order valence-corrected chi connectivity index (χ3v) is 10.9. The van der Waals surface area contributed by atoms with Gasteiger partial charge in [-0.15, -0.1) is 0 Å². The summed E-state index contributed by atoms with van der Waals surface area (Å²) in [5, 5.41) is 23.0. The van der Waals surface area contributed by atoms with E-state index >= 15 is 0 Å². The molecule has 0 amide bonds. The van der Waals surface area contributed by atoms with Crippen molar-refractivity contribution in [2.75, 3.05) is 5.75 Å². The zero-order valence-corrected chi connectivity index (χ0v) is 18.9. The molecule has 1 heterocycles. The normalized spacial score (nSPS) is 46.6. The lowest BCUT2D eigenvalue weighted by Crippen LogP contribution is -2.55. The molecule has 29 heavy (non-hydrogen) atoms. The van der Waals surface area contributed by atoms with Crippen LogP contribution in [0.3, 0.4) is 0 Å². The minimum atomic E-state index is -0.604. The molecular weight excluding hydrogens is 380 g/mol. The second-order valence-electron chi connectivity index (χ2n) is 10.8. The first-order chi connectivity index (χ1) is 13.8. The summed E-state index contributed by atoms with van der Waals surface area (Å²) in [6.45, 7) is 4.86. The molecule has 0 radical (unpaired) electrons. The molecule has 160 valence electrons. The van der Waals surface area contributed by atoms with Crippen LogP contribution in [0, 0.1) is 28.6 Å². The monoisotopic (exact) mass is 416 g/mol. The van der Waals surface area contributed by atoms with Gasteiger partial charge in [-0.05, 0) is 74.5 Å². The van der Waals surface area contributed by atoms with Gasteiger partial charge in [-0.2, -0.15) is 0 Å². The second-order valence-corrected chi connectivity index (χ2v) is 11.7. The fourth-order valence-electron chi connectivity index (χ4n) is 7.66. The highest BCUT2D eigenvalue weighted by Gasteiger charge is 2.63. The molecule has 3 saturated carbocycles.